The molecule has 0 atom stereocenters. The Morgan fingerprint density at radius 2 is 1.42 bits per heavy atom. The molecule has 0 unspecified atom stereocenters. The van der Waals surface area contributed by atoms with E-state index >= 15 is 0 Å². The Hall–Kier alpha value is -2.09. The summed E-state index contributed by atoms with van der Waals surface area (Å²) in [6.45, 7) is 5.49. The SMILES string of the molecule is CC(=O)C(C)(C)c1ccc(Oc2ccccc2)cc1. The van der Waals surface area contributed by atoms with Crippen LogP contribution in [0.4, 0.5) is 0 Å². The number of benzene rings is 2. The fraction of sp³-hybridized carbons (Fsp3) is 0.235. The summed E-state index contributed by atoms with van der Waals surface area (Å²) in [4.78, 5) is 11.6. The molecule has 0 heterocycles. The van der Waals surface area contributed by atoms with Gasteiger partial charge in [-0.15, -0.1) is 0 Å². The van der Waals surface area contributed by atoms with Crippen molar-refractivity contribution >= 4 is 5.78 Å². The fourth-order valence-electron chi connectivity index (χ4n) is 1.77. The number of hydrogen-bond acceptors (Lipinski definition) is 2. The normalized spacial score (nSPS) is 11.1. The van der Waals surface area contributed by atoms with Crippen molar-refractivity contribution in [2.24, 2.45) is 0 Å². The van der Waals surface area contributed by atoms with Gasteiger partial charge < -0.3 is 4.74 Å². The minimum atomic E-state index is -0.453. The first kappa shape index (κ1) is 13.3. The number of ether oxygens (including phenoxy) is 1. The largest absolute Gasteiger partial charge is 0.457 e. The molecule has 2 aromatic rings. The van der Waals surface area contributed by atoms with Crippen LogP contribution < -0.4 is 4.74 Å². The zero-order chi connectivity index (χ0) is 13.9. The lowest BCUT2D eigenvalue weighted by Gasteiger charge is -2.21. The van der Waals surface area contributed by atoms with Gasteiger partial charge in [-0.3, -0.25) is 4.79 Å². The van der Waals surface area contributed by atoms with Crippen molar-refractivity contribution in [2.75, 3.05) is 0 Å². The summed E-state index contributed by atoms with van der Waals surface area (Å²) in [6, 6.07) is 17.3. The lowest BCUT2D eigenvalue weighted by atomic mass is 9.81. The minimum Gasteiger partial charge on any atom is -0.457 e. The van der Waals surface area contributed by atoms with Gasteiger partial charge in [-0.25, -0.2) is 0 Å². The van der Waals surface area contributed by atoms with Crippen molar-refractivity contribution in [3.8, 4) is 11.5 Å². The first-order valence-electron chi connectivity index (χ1n) is 6.34. The standard InChI is InChI=1S/C17H18O2/c1-13(18)17(2,3)14-9-11-16(12-10-14)19-15-7-5-4-6-8-15/h4-12H,1-3H3. The van der Waals surface area contributed by atoms with Crippen LogP contribution in [0.1, 0.15) is 26.3 Å². The van der Waals surface area contributed by atoms with Gasteiger partial charge in [0.25, 0.3) is 0 Å². The third-order valence-corrected chi connectivity index (χ3v) is 3.44. The average Bonchev–Trinajstić information content (AvgIpc) is 2.40. The maximum absolute atomic E-state index is 11.6. The van der Waals surface area contributed by atoms with Crippen molar-refractivity contribution in [1.82, 2.24) is 0 Å². The predicted octanol–water partition coefficient (Wildman–Crippen LogP) is 4.35. The third kappa shape index (κ3) is 3.02. The van der Waals surface area contributed by atoms with Crippen LogP contribution in [0.5, 0.6) is 11.5 Å². The number of ketones is 1. The van der Waals surface area contributed by atoms with Crippen molar-refractivity contribution in [2.45, 2.75) is 26.2 Å². The second kappa shape index (κ2) is 5.27. The van der Waals surface area contributed by atoms with Crippen LogP contribution in [0, 0.1) is 0 Å². The van der Waals surface area contributed by atoms with Crippen LogP contribution in [0.3, 0.4) is 0 Å². The number of rotatable bonds is 4. The van der Waals surface area contributed by atoms with Crippen LogP contribution in [0.15, 0.2) is 54.6 Å². The van der Waals surface area contributed by atoms with Crippen LogP contribution in [0.25, 0.3) is 0 Å². The highest BCUT2D eigenvalue weighted by atomic mass is 16.5. The van der Waals surface area contributed by atoms with Crippen molar-refractivity contribution in [1.29, 1.82) is 0 Å². The van der Waals surface area contributed by atoms with E-state index in [-0.39, 0.29) is 5.78 Å². The smallest absolute Gasteiger partial charge is 0.139 e. The maximum atomic E-state index is 11.6. The van der Waals surface area contributed by atoms with E-state index in [1.54, 1.807) is 6.92 Å². The predicted molar refractivity (Wildman–Crippen MR) is 76.7 cm³/mol. The first-order chi connectivity index (χ1) is 9.00. The van der Waals surface area contributed by atoms with E-state index in [1.807, 2.05) is 68.4 Å². The molecule has 0 N–H and O–H groups in total. The highest BCUT2D eigenvalue weighted by Gasteiger charge is 2.25. The summed E-state index contributed by atoms with van der Waals surface area (Å²) < 4.78 is 5.72. The molecule has 0 aliphatic heterocycles. The molecule has 2 aromatic carbocycles. The molecule has 0 saturated carbocycles. The number of carbonyl (C=O) groups is 1. The molecular weight excluding hydrogens is 236 g/mol. The molecular formula is C17H18O2. The van der Waals surface area contributed by atoms with Gasteiger partial charge in [0.2, 0.25) is 0 Å². The Balaban J connectivity index is 2.18. The second-order valence-electron chi connectivity index (χ2n) is 5.12. The highest BCUT2D eigenvalue weighted by molar-refractivity contribution is 5.87. The van der Waals surface area contributed by atoms with Gasteiger partial charge in [0.1, 0.15) is 17.3 Å². The monoisotopic (exact) mass is 254 g/mol. The van der Waals surface area contributed by atoms with E-state index in [0.29, 0.717) is 0 Å². The molecule has 0 fully saturated rings. The van der Waals surface area contributed by atoms with Gasteiger partial charge in [-0.05, 0) is 50.6 Å². The number of Topliss-reactive ketones (excluding diaryl/α,β-unsaturated/α-hetero) is 1. The van der Waals surface area contributed by atoms with E-state index < -0.39 is 5.41 Å². The van der Waals surface area contributed by atoms with Crippen LogP contribution in [0.2, 0.25) is 0 Å². The fourth-order valence-corrected chi connectivity index (χ4v) is 1.77. The summed E-state index contributed by atoms with van der Waals surface area (Å²) in [6.07, 6.45) is 0. The van der Waals surface area contributed by atoms with E-state index in [4.69, 9.17) is 4.74 Å². The van der Waals surface area contributed by atoms with Crippen LogP contribution in [-0.2, 0) is 10.2 Å². The summed E-state index contributed by atoms with van der Waals surface area (Å²) in [7, 11) is 0. The zero-order valence-corrected chi connectivity index (χ0v) is 11.5. The Morgan fingerprint density at radius 1 is 0.895 bits per heavy atom. The lowest BCUT2D eigenvalue weighted by molar-refractivity contribution is -0.121. The van der Waals surface area contributed by atoms with E-state index in [1.165, 1.54) is 0 Å². The van der Waals surface area contributed by atoms with Gasteiger partial charge in [0.15, 0.2) is 0 Å². The topological polar surface area (TPSA) is 26.3 Å². The molecule has 2 rings (SSSR count). The Kier molecular flexibility index (Phi) is 3.70. The summed E-state index contributed by atoms with van der Waals surface area (Å²) in [5.74, 6) is 1.74. The quantitative estimate of drug-likeness (QED) is 0.811. The molecule has 2 nitrogen and oxygen atoms in total. The molecule has 0 bridgehead atoms. The summed E-state index contributed by atoms with van der Waals surface area (Å²) in [5.41, 5.74) is 0.547. The molecule has 0 aromatic heterocycles. The maximum Gasteiger partial charge on any atom is 0.139 e. The van der Waals surface area contributed by atoms with Gasteiger partial charge in [0.05, 0.1) is 0 Å². The molecule has 98 valence electrons. The molecule has 0 aliphatic rings. The Morgan fingerprint density at radius 3 is 1.95 bits per heavy atom. The lowest BCUT2D eigenvalue weighted by Crippen LogP contribution is -2.26. The van der Waals surface area contributed by atoms with Gasteiger partial charge >= 0.3 is 0 Å². The van der Waals surface area contributed by atoms with Gasteiger partial charge in [0, 0.05) is 5.41 Å². The minimum absolute atomic E-state index is 0.157. The van der Waals surface area contributed by atoms with E-state index in [2.05, 4.69) is 0 Å². The van der Waals surface area contributed by atoms with E-state index in [9.17, 15) is 4.79 Å². The molecule has 0 amide bonds. The van der Waals surface area contributed by atoms with Gasteiger partial charge in [-0.2, -0.15) is 0 Å². The van der Waals surface area contributed by atoms with Crippen molar-refractivity contribution < 1.29 is 9.53 Å². The van der Waals surface area contributed by atoms with Crippen molar-refractivity contribution in [3.05, 3.63) is 60.2 Å². The van der Waals surface area contributed by atoms with Crippen molar-refractivity contribution in [3.63, 3.8) is 0 Å². The second-order valence-corrected chi connectivity index (χ2v) is 5.12. The highest BCUT2D eigenvalue weighted by Crippen LogP contribution is 2.27. The third-order valence-electron chi connectivity index (χ3n) is 3.44. The number of para-hydroxylation sites is 1. The molecule has 2 heteroatoms. The molecule has 0 aliphatic carbocycles. The number of hydrogen-bond donors (Lipinski definition) is 0. The molecule has 19 heavy (non-hydrogen) atoms. The van der Waals surface area contributed by atoms with Gasteiger partial charge in [-0.1, -0.05) is 30.3 Å². The average molecular weight is 254 g/mol. The molecule has 0 radical (unpaired) electrons. The molecule has 0 spiro atoms. The van der Waals surface area contributed by atoms with E-state index in [0.717, 1.165) is 17.1 Å². The zero-order valence-electron chi connectivity index (χ0n) is 11.5. The Bertz CT molecular complexity index is 554. The van der Waals surface area contributed by atoms with Crippen LogP contribution >= 0.6 is 0 Å². The molecule has 0 saturated heterocycles. The Labute approximate surface area is 114 Å². The summed E-state index contributed by atoms with van der Waals surface area (Å²) >= 11 is 0. The summed E-state index contributed by atoms with van der Waals surface area (Å²) in [5, 5.41) is 0. The first-order valence-corrected chi connectivity index (χ1v) is 6.34. The van der Waals surface area contributed by atoms with Crippen LogP contribution in [-0.4, -0.2) is 5.78 Å². The number of carbonyl (C=O) groups excluding carboxylic acids is 1.